The fraction of sp³-hybridized carbons (Fsp3) is 0.875. The van der Waals surface area contributed by atoms with E-state index in [1.807, 2.05) is 0 Å². The van der Waals surface area contributed by atoms with E-state index in [1.165, 1.54) is 44.9 Å². The summed E-state index contributed by atoms with van der Waals surface area (Å²) < 4.78 is 0. The quantitative estimate of drug-likeness (QED) is 0.454. The zero-order valence-electron chi connectivity index (χ0n) is 11.8. The van der Waals surface area contributed by atoms with Crippen LogP contribution in [-0.2, 0) is 0 Å². The minimum atomic E-state index is 0. The molecule has 0 radical (unpaired) electrons. The zero-order valence-corrected chi connectivity index (χ0v) is 11.8. The van der Waals surface area contributed by atoms with Gasteiger partial charge in [0, 0.05) is 1.43 Å². The Morgan fingerprint density at radius 1 is 0.875 bits per heavy atom. The average molecular weight is 224 g/mol. The van der Waals surface area contributed by atoms with Gasteiger partial charge in [-0.3, -0.25) is 0 Å². The van der Waals surface area contributed by atoms with Gasteiger partial charge in [0.2, 0.25) is 0 Å². The van der Waals surface area contributed by atoms with Gasteiger partial charge in [-0.15, -0.1) is 0 Å². The summed E-state index contributed by atoms with van der Waals surface area (Å²) in [6, 6.07) is 0. The molecule has 0 heteroatoms. The van der Waals surface area contributed by atoms with Gasteiger partial charge >= 0.3 is 0 Å². The van der Waals surface area contributed by atoms with Crippen LogP contribution in [0.5, 0.6) is 0 Å². The van der Waals surface area contributed by atoms with Gasteiger partial charge in [-0.1, -0.05) is 58.1 Å². The van der Waals surface area contributed by atoms with E-state index in [2.05, 4.69) is 33.8 Å². The number of hydrogen-bond acceptors (Lipinski definition) is 0. The molecule has 0 N–H and O–H groups in total. The summed E-state index contributed by atoms with van der Waals surface area (Å²) in [5.41, 5.74) is 1.59. The van der Waals surface area contributed by atoms with Crippen molar-refractivity contribution >= 4 is 0 Å². The highest BCUT2D eigenvalue weighted by molar-refractivity contribution is 5.01. The van der Waals surface area contributed by atoms with E-state index in [0.29, 0.717) is 0 Å². The third-order valence-electron chi connectivity index (χ3n) is 4.20. The summed E-state index contributed by atoms with van der Waals surface area (Å²) in [5, 5.41) is 0. The zero-order chi connectivity index (χ0) is 12.0. The first kappa shape index (κ1) is 13.8. The molecule has 0 saturated heterocycles. The lowest BCUT2D eigenvalue weighted by Gasteiger charge is -2.22. The number of allylic oxidation sites excluding steroid dienone is 2. The first-order valence-corrected chi connectivity index (χ1v) is 7.23. The molecule has 0 aromatic rings. The number of rotatable bonds is 0. The van der Waals surface area contributed by atoms with Crippen molar-refractivity contribution in [3.63, 3.8) is 0 Å². The Morgan fingerprint density at radius 2 is 1.38 bits per heavy atom. The van der Waals surface area contributed by atoms with Gasteiger partial charge in [0.1, 0.15) is 0 Å². The maximum atomic E-state index is 2.37. The third kappa shape index (κ3) is 5.72. The van der Waals surface area contributed by atoms with Crippen molar-refractivity contribution in [2.24, 2.45) is 17.8 Å². The Kier molecular flexibility index (Phi) is 6.16. The lowest BCUT2D eigenvalue weighted by Crippen LogP contribution is -2.08. The minimum absolute atomic E-state index is 0. The standard InChI is InChI=1S/C8H16.C8H14.H2/c2*1-7-3-5-8(2)6-4-7;/h7-8H,3-6H2,1-2H3;3,8H,4-6H2,1-2H3;1H. The van der Waals surface area contributed by atoms with E-state index < -0.39 is 0 Å². The van der Waals surface area contributed by atoms with Crippen LogP contribution in [0, 0.1) is 17.8 Å². The molecule has 0 nitrogen and oxygen atoms in total. The first-order valence-electron chi connectivity index (χ1n) is 7.23. The molecule has 2 aliphatic rings. The Labute approximate surface area is 104 Å². The van der Waals surface area contributed by atoms with Crippen molar-refractivity contribution in [3.05, 3.63) is 11.6 Å². The molecule has 1 fully saturated rings. The molecule has 0 aromatic heterocycles. The molecule has 96 valence electrons. The SMILES string of the molecule is CC1=CCC(C)CC1.CC1CCC(C)CC1.[HH]. The predicted molar refractivity (Wildman–Crippen MR) is 75.7 cm³/mol. The van der Waals surface area contributed by atoms with Gasteiger partial charge in [-0.25, -0.2) is 0 Å². The summed E-state index contributed by atoms with van der Waals surface area (Å²) in [6.07, 6.45) is 12.3. The molecule has 1 saturated carbocycles. The van der Waals surface area contributed by atoms with Crippen LogP contribution in [0.25, 0.3) is 0 Å². The topological polar surface area (TPSA) is 0 Å². The van der Waals surface area contributed by atoms with Crippen molar-refractivity contribution in [2.45, 2.75) is 72.6 Å². The average Bonchev–Trinajstić information content (AvgIpc) is 2.28. The summed E-state index contributed by atoms with van der Waals surface area (Å²) in [5.74, 6) is 2.98. The van der Waals surface area contributed by atoms with E-state index in [4.69, 9.17) is 0 Å². The molecule has 0 aromatic carbocycles. The van der Waals surface area contributed by atoms with Gasteiger partial charge in [-0.2, -0.15) is 0 Å². The van der Waals surface area contributed by atoms with Crippen LogP contribution in [0.4, 0.5) is 0 Å². The van der Waals surface area contributed by atoms with E-state index >= 15 is 0 Å². The third-order valence-corrected chi connectivity index (χ3v) is 4.20. The molecule has 0 aliphatic heterocycles. The highest BCUT2D eigenvalue weighted by Crippen LogP contribution is 2.27. The van der Waals surface area contributed by atoms with Gasteiger partial charge in [0.15, 0.2) is 0 Å². The van der Waals surface area contributed by atoms with Gasteiger partial charge in [-0.05, 0) is 43.9 Å². The second-order valence-electron chi connectivity index (χ2n) is 6.30. The van der Waals surface area contributed by atoms with Crippen LogP contribution in [0.15, 0.2) is 11.6 Å². The Bertz CT molecular complexity index is 202. The predicted octanol–water partition coefficient (Wildman–Crippen LogP) is 5.83. The largest absolute Gasteiger partial charge is 0.0853 e. The van der Waals surface area contributed by atoms with Crippen molar-refractivity contribution in [2.75, 3.05) is 0 Å². The van der Waals surface area contributed by atoms with Crippen LogP contribution >= 0.6 is 0 Å². The Balaban J connectivity index is 0.000000284. The molecule has 0 bridgehead atoms. The maximum Gasteiger partial charge on any atom is 0 e. The van der Waals surface area contributed by atoms with Crippen LogP contribution in [-0.4, -0.2) is 0 Å². The van der Waals surface area contributed by atoms with Crippen molar-refractivity contribution in [1.29, 1.82) is 0 Å². The molecule has 2 aliphatic carbocycles. The molecule has 0 spiro atoms. The van der Waals surface area contributed by atoms with E-state index in [1.54, 1.807) is 5.57 Å². The lowest BCUT2D eigenvalue weighted by atomic mass is 9.84. The minimum Gasteiger partial charge on any atom is -0.0853 e. The van der Waals surface area contributed by atoms with Crippen molar-refractivity contribution in [3.8, 4) is 0 Å². The van der Waals surface area contributed by atoms with E-state index in [9.17, 15) is 0 Å². The van der Waals surface area contributed by atoms with Crippen LogP contribution < -0.4 is 0 Å². The monoisotopic (exact) mass is 224 g/mol. The molecule has 0 heterocycles. The fourth-order valence-corrected chi connectivity index (χ4v) is 2.52. The number of hydrogen-bond donors (Lipinski definition) is 0. The molecule has 1 atom stereocenters. The fourth-order valence-electron chi connectivity index (χ4n) is 2.52. The molecule has 0 amide bonds. The van der Waals surface area contributed by atoms with Crippen molar-refractivity contribution < 1.29 is 1.43 Å². The Morgan fingerprint density at radius 3 is 1.69 bits per heavy atom. The van der Waals surface area contributed by atoms with E-state index in [-0.39, 0.29) is 1.43 Å². The van der Waals surface area contributed by atoms with Crippen LogP contribution in [0.1, 0.15) is 74.1 Å². The lowest BCUT2D eigenvalue weighted by molar-refractivity contribution is 0.308. The highest BCUT2D eigenvalue weighted by Gasteiger charge is 2.13. The molecular weight excluding hydrogens is 192 g/mol. The first-order chi connectivity index (χ1) is 7.58. The molecular formula is C16H32. The normalized spacial score (nSPS) is 34.8. The Hall–Kier alpha value is -0.260. The highest BCUT2D eigenvalue weighted by atomic mass is 14.2. The van der Waals surface area contributed by atoms with Crippen molar-refractivity contribution in [1.82, 2.24) is 0 Å². The summed E-state index contributed by atoms with van der Waals surface area (Å²) >= 11 is 0. The smallest absolute Gasteiger partial charge is 0 e. The van der Waals surface area contributed by atoms with E-state index in [0.717, 1.165) is 17.8 Å². The molecule has 16 heavy (non-hydrogen) atoms. The van der Waals surface area contributed by atoms with Crippen LogP contribution in [0.3, 0.4) is 0 Å². The maximum absolute atomic E-state index is 2.37. The second-order valence-corrected chi connectivity index (χ2v) is 6.30. The summed E-state index contributed by atoms with van der Waals surface area (Å²) in [4.78, 5) is 0. The second kappa shape index (κ2) is 7.14. The van der Waals surface area contributed by atoms with Gasteiger partial charge < -0.3 is 0 Å². The van der Waals surface area contributed by atoms with Gasteiger partial charge in [0.25, 0.3) is 0 Å². The molecule has 1 unspecified atom stereocenters. The molecule has 2 rings (SSSR count). The van der Waals surface area contributed by atoms with Gasteiger partial charge in [0.05, 0.1) is 0 Å². The summed E-state index contributed by atoms with van der Waals surface area (Å²) in [6.45, 7) is 9.28. The van der Waals surface area contributed by atoms with Crippen LogP contribution in [0.2, 0.25) is 0 Å². The summed E-state index contributed by atoms with van der Waals surface area (Å²) in [7, 11) is 0.